The average Bonchev–Trinajstić information content (AvgIpc) is 3.14. The molecule has 0 aromatic heterocycles. The van der Waals surface area contributed by atoms with Crippen LogP contribution in [0, 0.1) is 11.8 Å². The number of rotatable bonds is 13. The molecule has 1 fully saturated rings. The zero-order chi connectivity index (χ0) is 22.6. The second-order valence-corrected chi connectivity index (χ2v) is 8.59. The standard InChI is InChI=1S/C28H36O4/c1-2-3-6-15-24(31-20-22-11-7-4-8-12-22)16-17-25-26(19-29)27(30)18-28(25)32-21-23-13-9-5-10-14-23/h4-5,7-14,16-17,24-26,28-29H,2-3,6,15,18-21H2,1H3/b17-16+/t24-,25+,26?,28+/m0/s1. The molecule has 4 atom stereocenters. The molecule has 172 valence electrons. The minimum Gasteiger partial charge on any atom is -0.396 e. The van der Waals surface area contributed by atoms with Crippen molar-refractivity contribution in [3.05, 3.63) is 83.9 Å². The Balaban J connectivity index is 1.66. The number of Topliss-reactive ketones (excluding diaryl/α,β-unsaturated/α-hetero) is 1. The summed E-state index contributed by atoms with van der Waals surface area (Å²) in [6.45, 7) is 3.07. The van der Waals surface area contributed by atoms with E-state index in [0.29, 0.717) is 19.6 Å². The Morgan fingerprint density at radius 3 is 2.28 bits per heavy atom. The van der Waals surface area contributed by atoms with Gasteiger partial charge in [0.2, 0.25) is 0 Å². The fourth-order valence-electron chi connectivity index (χ4n) is 4.25. The van der Waals surface area contributed by atoms with Gasteiger partial charge < -0.3 is 14.6 Å². The lowest BCUT2D eigenvalue weighted by Gasteiger charge is -2.21. The first-order valence-corrected chi connectivity index (χ1v) is 11.8. The first-order chi connectivity index (χ1) is 15.7. The van der Waals surface area contributed by atoms with Crippen LogP contribution in [0.15, 0.2) is 72.8 Å². The molecule has 0 aliphatic heterocycles. The summed E-state index contributed by atoms with van der Waals surface area (Å²) >= 11 is 0. The predicted octanol–water partition coefficient (Wildman–Crippen LogP) is 5.49. The van der Waals surface area contributed by atoms with Gasteiger partial charge in [0.05, 0.1) is 32.0 Å². The van der Waals surface area contributed by atoms with Crippen LogP contribution in [0.5, 0.6) is 0 Å². The lowest BCUT2D eigenvalue weighted by molar-refractivity contribution is -0.122. The molecule has 0 radical (unpaired) electrons. The zero-order valence-electron chi connectivity index (χ0n) is 19.1. The van der Waals surface area contributed by atoms with Gasteiger partial charge in [0.15, 0.2) is 0 Å². The van der Waals surface area contributed by atoms with Crippen molar-refractivity contribution in [2.45, 2.75) is 64.4 Å². The summed E-state index contributed by atoms with van der Waals surface area (Å²) < 4.78 is 12.4. The number of hydrogen-bond acceptors (Lipinski definition) is 4. The van der Waals surface area contributed by atoms with E-state index in [1.165, 1.54) is 6.42 Å². The molecule has 2 aromatic carbocycles. The van der Waals surface area contributed by atoms with Crippen molar-refractivity contribution in [3.8, 4) is 0 Å². The summed E-state index contributed by atoms with van der Waals surface area (Å²) in [5.41, 5.74) is 2.23. The van der Waals surface area contributed by atoms with E-state index in [4.69, 9.17) is 9.47 Å². The van der Waals surface area contributed by atoms with Gasteiger partial charge in [0.25, 0.3) is 0 Å². The zero-order valence-corrected chi connectivity index (χ0v) is 19.1. The van der Waals surface area contributed by atoms with Crippen LogP contribution < -0.4 is 0 Å². The van der Waals surface area contributed by atoms with Crippen molar-refractivity contribution in [2.24, 2.45) is 11.8 Å². The molecule has 0 heterocycles. The summed E-state index contributed by atoms with van der Waals surface area (Å²) in [5.74, 6) is -0.462. The fraction of sp³-hybridized carbons (Fsp3) is 0.464. The topological polar surface area (TPSA) is 55.8 Å². The van der Waals surface area contributed by atoms with Crippen molar-refractivity contribution < 1.29 is 19.4 Å². The highest BCUT2D eigenvalue weighted by Crippen LogP contribution is 2.33. The van der Waals surface area contributed by atoms with Gasteiger partial charge in [-0.1, -0.05) is 99.0 Å². The molecule has 2 aromatic rings. The number of unbranched alkanes of at least 4 members (excludes halogenated alkanes) is 2. The van der Waals surface area contributed by atoms with E-state index in [0.717, 1.165) is 30.4 Å². The lowest BCUT2D eigenvalue weighted by atomic mass is 9.93. The molecule has 1 saturated carbocycles. The van der Waals surface area contributed by atoms with Crippen LogP contribution in [0.4, 0.5) is 0 Å². The van der Waals surface area contributed by atoms with Gasteiger partial charge in [0.1, 0.15) is 5.78 Å². The number of aliphatic hydroxyl groups is 1. The molecule has 1 unspecified atom stereocenters. The Kier molecular flexibility index (Phi) is 10.1. The van der Waals surface area contributed by atoms with E-state index in [2.05, 4.69) is 31.2 Å². The number of ether oxygens (including phenoxy) is 2. The van der Waals surface area contributed by atoms with Crippen LogP contribution in [-0.4, -0.2) is 29.7 Å². The Hall–Kier alpha value is -2.27. The second-order valence-electron chi connectivity index (χ2n) is 8.59. The molecule has 0 amide bonds. The molecule has 1 aliphatic carbocycles. The molecule has 0 saturated heterocycles. The molecule has 32 heavy (non-hydrogen) atoms. The molecule has 1 aliphatic rings. The van der Waals surface area contributed by atoms with Crippen molar-refractivity contribution in [1.82, 2.24) is 0 Å². The molecule has 4 nitrogen and oxygen atoms in total. The SMILES string of the molecule is CCCCC[C@@H](/C=C/[C@@H]1C(CO)C(=O)C[C@H]1OCc1ccccc1)OCc1ccccc1. The van der Waals surface area contributed by atoms with Gasteiger partial charge in [-0.05, 0) is 17.5 Å². The summed E-state index contributed by atoms with van der Waals surface area (Å²) in [6, 6.07) is 20.2. The van der Waals surface area contributed by atoms with E-state index in [-0.39, 0.29) is 30.5 Å². The first-order valence-electron chi connectivity index (χ1n) is 11.8. The summed E-state index contributed by atoms with van der Waals surface area (Å²) in [4.78, 5) is 12.5. The van der Waals surface area contributed by atoms with Gasteiger partial charge in [-0.2, -0.15) is 0 Å². The maximum absolute atomic E-state index is 12.5. The first kappa shape index (κ1) is 24.4. The third kappa shape index (κ3) is 7.40. The van der Waals surface area contributed by atoms with Crippen LogP contribution in [0.25, 0.3) is 0 Å². The monoisotopic (exact) mass is 436 g/mol. The molecule has 4 heteroatoms. The summed E-state index contributed by atoms with van der Waals surface area (Å²) in [6.07, 6.45) is 8.62. The number of hydrogen-bond donors (Lipinski definition) is 1. The van der Waals surface area contributed by atoms with E-state index < -0.39 is 5.92 Å². The van der Waals surface area contributed by atoms with Crippen LogP contribution in [0.3, 0.4) is 0 Å². The maximum Gasteiger partial charge on any atom is 0.141 e. The molecular weight excluding hydrogens is 400 g/mol. The number of aliphatic hydroxyl groups excluding tert-OH is 1. The normalized spacial score (nSPS) is 21.9. The highest BCUT2D eigenvalue weighted by molar-refractivity contribution is 5.84. The smallest absolute Gasteiger partial charge is 0.141 e. The van der Waals surface area contributed by atoms with Crippen LogP contribution in [0.2, 0.25) is 0 Å². The minimum absolute atomic E-state index is 0.0217. The predicted molar refractivity (Wildman–Crippen MR) is 127 cm³/mol. The van der Waals surface area contributed by atoms with Crippen LogP contribution in [-0.2, 0) is 27.5 Å². The second kappa shape index (κ2) is 13.3. The minimum atomic E-state index is -0.405. The number of ketones is 1. The van der Waals surface area contributed by atoms with E-state index in [1.807, 2.05) is 48.5 Å². The highest BCUT2D eigenvalue weighted by Gasteiger charge is 2.41. The quantitative estimate of drug-likeness (QED) is 0.333. The lowest BCUT2D eigenvalue weighted by Crippen LogP contribution is -2.24. The molecule has 3 rings (SSSR count). The number of carbonyl (C=O) groups excluding carboxylic acids is 1. The van der Waals surface area contributed by atoms with Gasteiger partial charge in [-0.25, -0.2) is 0 Å². The van der Waals surface area contributed by atoms with Gasteiger partial charge in [0, 0.05) is 18.3 Å². The number of benzene rings is 2. The Bertz CT molecular complexity index is 818. The van der Waals surface area contributed by atoms with Crippen LogP contribution in [0.1, 0.15) is 50.2 Å². The van der Waals surface area contributed by atoms with E-state index >= 15 is 0 Å². The fourth-order valence-corrected chi connectivity index (χ4v) is 4.25. The third-order valence-electron chi connectivity index (χ3n) is 6.16. The summed E-state index contributed by atoms with van der Waals surface area (Å²) in [7, 11) is 0. The number of carbonyl (C=O) groups is 1. The van der Waals surface area contributed by atoms with Crippen LogP contribution >= 0.6 is 0 Å². The maximum atomic E-state index is 12.5. The Morgan fingerprint density at radius 2 is 1.66 bits per heavy atom. The van der Waals surface area contributed by atoms with E-state index in [1.54, 1.807) is 0 Å². The van der Waals surface area contributed by atoms with Gasteiger partial charge in [-0.15, -0.1) is 0 Å². The van der Waals surface area contributed by atoms with Crippen molar-refractivity contribution in [1.29, 1.82) is 0 Å². The molecule has 0 bridgehead atoms. The van der Waals surface area contributed by atoms with Gasteiger partial charge in [-0.3, -0.25) is 4.79 Å². The largest absolute Gasteiger partial charge is 0.396 e. The summed E-state index contributed by atoms with van der Waals surface area (Å²) in [5, 5.41) is 9.86. The molecule has 0 spiro atoms. The molecular formula is C28H36O4. The Labute approximate surface area is 192 Å². The van der Waals surface area contributed by atoms with Crippen molar-refractivity contribution in [2.75, 3.05) is 6.61 Å². The molecule has 1 N–H and O–H groups in total. The Morgan fingerprint density at radius 1 is 1.00 bits per heavy atom. The average molecular weight is 437 g/mol. The van der Waals surface area contributed by atoms with Gasteiger partial charge >= 0.3 is 0 Å². The third-order valence-corrected chi connectivity index (χ3v) is 6.16. The van der Waals surface area contributed by atoms with E-state index in [9.17, 15) is 9.90 Å². The highest BCUT2D eigenvalue weighted by atomic mass is 16.5. The van der Waals surface area contributed by atoms with Crippen molar-refractivity contribution >= 4 is 5.78 Å². The van der Waals surface area contributed by atoms with Crippen molar-refractivity contribution in [3.63, 3.8) is 0 Å².